The Balaban J connectivity index is 1.84. The van der Waals surface area contributed by atoms with Crippen LogP contribution in [-0.2, 0) is 9.53 Å². The highest BCUT2D eigenvalue weighted by molar-refractivity contribution is 9.10. The molecule has 5 nitrogen and oxygen atoms in total. The molecule has 1 fully saturated rings. The van der Waals surface area contributed by atoms with Crippen LogP contribution in [0.3, 0.4) is 0 Å². The molecule has 1 saturated heterocycles. The molecule has 0 unspecified atom stereocenters. The molecule has 0 aromatic heterocycles. The first kappa shape index (κ1) is 17.9. The molecule has 0 saturated carbocycles. The van der Waals surface area contributed by atoms with Crippen LogP contribution in [0.4, 0.5) is 0 Å². The van der Waals surface area contributed by atoms with Crippen molar-refractivity contribution in [3.63, 3.8) is 0 Å². The number of esters is 1. The highest BCUT2D eigenvalue weighted by Crippen LogP contribution is 2.19. The maximum atomic E-state index is 12.2. The average molecular weight is 399 g/mol. The van der Waals surface area contributed by atoms with Crippen molar-refractivity contribution in [2.24, 2.45) is 5.92 Å². The number of benzene rings is 1. The van der Waals surface area contributed by atoms with Crippen LogP contribution in [0, 0.1) is 5.92 Å². The zero-order chi connectivity index (χ0) is 16.8. The van der Waals surface area contributed by atoms with Gasteiger partial charge >= 0.3 is 5.97 Å². The third-order valence-corrected chi connectivity index (χ3v) is 4.62. The summed E-state index contributed by atoms with van der Waals surface area (Å²) in [6, 6.07) is 7.08. The summed E-state index contributed by atoms with van der Waals surface area (Å²) in [4.78, 5) is 25.8. The van der Waals surface area contributed by atoms with Gasteiger partial charge in [0.15, 0.2) is 5.11 Å². The molecule has 2 rings (SSSR count). The molecular weight excluding hydrogens is 380 g/mol. The largest absolute Gasteiger partial charge is 0.466 e. The molecule has 0 radical (unpaired) electrons. The molecule has 0 bridgehead atoms. The smallest absolute Gasteiger partial charge is 0.309 e. The van der Waals surface area contributed by atoms with E-state index in [1.54, 1.807) is 19.1 Å². The van der Waals surface area contributed by atoms with Crippen molar-refractivity contribution < 1.29 is 14.3 Å². The molecule has 0 aliphatic carbocycles. The number of carbonyl (C=O) groups is 2. The zero-order valence-electron chi connectivity index (χ0n) is 12.9. The van der Waals surface area contributed by atoms with Crippen LogP contribution in [0.15, 0.2) is 28.7 Å². The number of carbonyl (C=O) groups excluding carboxylic acids is 2. The lowest BCUT2D eigenvalue weighted by molar-refractivity contribution is -0.149. The number of amides is 1. The first-order valence-corrected chi connectivity index (χ1v) is 8.74. The number of hydrogen-bond acceptors (Lipinski definition) is 4. The van der Waals surface area contributed by atoms with Crippen molar-refractivity contribution in [3.05, 3.63) is 34.3 Å². The van der Waals surface area contributed by atoms with Gasteiger partial charge in [-0.3, -0.25) is 14.9 Å². The van der Waals surface area contributed by atoms with Gasteiger partial charge in [-0.25, -0.2) is 0 Å². The van der Waals surface area contributed by atoms with Crippen molar-refractivity contribution in [3.8, 4) is 0 Å². The summed E-state index contributed by atoms with van der Waals surface area (Å²) >= 11 is 8.63. The molecule has 0 spiro atoms. The predicted molar refractivity (Wildman–Crippen MR) is 95.1 cm³/mol. The molecular formula is C16H19BrN2O3S. The predicted octanol–water partition coefficient (Wildman–Crippen LogP) is 2.74. The van der Waals surface area contributed by atoms with E-state index in [0.717, 1.165) is 4.47 Å². The maximum Gasteiger partial charge on any atom is 0.309 e. The monoisotopic (exact) mass is 398 g/mol. The van der Waals surface area contributed by atoms with E-state index < -0.39 is 0 Å². The minimum absolute atomic E-state index is 0.0730. The number of likely N-dealkylation sites (tertiary alicyclic amines) is 1. The van der Waals surface area contributed by atoms with Crippen LogP contribution in [0.2, 0.25) is 0 Å². The van der Waals surface area contributed by atoms with E-state index in [-0.39, 0.29) is 17.8 Å². The summed E-state index contributed by atoms with van der Waals surface area (Å²) in [5.74, 6) is -0.442. The Morgan fingerprint density at radius 2 is 1.91 bits per heavy atom. The van der Waals surface area contributed by atoms with Gasteiger partial charge in [0.25, 0.3) is 5.91 Å². The summed E-state index contributed by atoms with van der Waals surface area (Å²) in [5.41, 5.74) is 0.553. The molecule has 1 aromatic carbocycles. The molecule has 1 amide bonds. The molecule has 1 aliphatic rings. The first-order valence-electron chi connectivity index (χ1n) is 7.53. The van der Waals surface area contributed by atoms with E-state index in [1.807, 2.05) is 17.0 Å². The molecule has 124 valence electrons. The van der Waals surface area contributed by atoms with Crippen LogP contribution in [0.1, 0.15) is 30.1 Å². The SMILES string of the molecule is CCOC(=O)C1CCN(C(=S)NC(=O)c2ccc(Br)cc2)CC1. The molecule has 1 aromatic rings. The number of thiocarbonyl (C=S) groups is 1. The van der Waals surface area contributed by atoms with Gasteiger partial charge in [0.1, 0.15) is 0 Å². The number of hydrogen-bond donors (Lipinski definition) is 1. The molecule has 1 N–H and O–H groups in total. The maximum absolute atomic E-state index is 12.2. The fraction of sp³-hybridized carbons (Fsp3) is 0.438. The molecule has 1 heterocycles. The Bertz CT molecular complexity index is 583. The Labute approximate surface area is 149 Å². The molecule has 23 heavy (non-hydrogen) atoms. The van der Waals surface area contributed by atoms with Gasteiger partial charge in [0, 0.05) is 23.1 Å². The Hall–Kier alpha value is -1.47. The Morgan fingerprint density at radius 1 is 1.30 bits per heavy atom. The fourth-order valence-electron chi connectivity index (χ4n) is 2.43. The molecule has 0 atom stereocenters. The van der Waals surface area contributed by atoms with Crippen molar-refractivity contribution in [2.75, 3.05) is 19.7 Å². The first-order chi connectivity index (χ1) is 11.0. The minimum atomic E-state index is -0.227. The van der Waals surface area contributed by atoms with Crippen LogP contribution < -0.4 is 5.32 Å². The van der Waals surface area contributed by atoms with Gasteiger partial charge in [-0.1, -0.05) is 15.9 Å². The van der Waals surface area contributed by atoms with Crippen LogP contribution in [0.5, 0.6) is 0 Å². The standard InChI is InChI=1S/C16H19BrN2O3S/c1-2-22-15(21)12-7-9-19(10-8-12)16(23)18-14(20)11-3-5-13(17)6-4-11/h3-6,12H,2,7-10H2,1H3,(H,18,20,23). The summed E-state index contributed by atoms with van der Waals surface area (Å²) in [6.45, 7) is 3.49. The van der Waals surface area contributed by atoms with Gasteiger partial charge in [-0.15, -0.1) is 0 Å². The van der Waals surface area contributed by atoms with Crippen LogP contribution >= 0.6 is 28.1 Å². The number of nitrogens with zero attached hydrogens (tertiary/aromatic N) is 1. The second-order valence-corrected chi connectivity index (χ2v) is 6.58. The van der Waals surface area contributed by atoms with E-state index in [0.29, 0.717) is 43.2 Å². The summed E-state index contributed by atoms with van der Waals surface area (Å²) in [7, 11) is 0. The van der Waals surface area contributed by atoms with E-state index in [4.69, 9.17) is 17.0 Å². The number of piperidine rings is 1. The Morgan fingerprint density at radius 3 is 2.48 bits per heavy atom. The molecule has 7 heteroatoms. The Kier molecular flexibility index (Phi) is 6.53. The number of rotatable bonds is 3. The van der Waals surface area contributed by atoms with Gasteiger partial charge in [0.05, 0.1) is 12.5 Å². The van der Waals surface area contributed by atoms with E-state index in [1.165, 1.54) is 0 Å². The molecule has 1 aliphatic heterocycles. The third-order valence-electron chi connectivity index (χ3n) is 3.73. The second-order valence-electron chi connectivity index (χ2n) is 5.28. The lowest BCUT2D eigenvalue weighted by Gasteiger charge is -2.32. The van der Waals surface area contributed by atoms with Crippen molar-refractivity contribution in [2.45, 2.75) is 19.8 Å². The second kappa shape index (κ2) is 8.40. The topological polar surface area (TPSA) is 58.6 Å². The summed E-state index contributed by atoms with van der Waals surface area (Å²) in [5, 5.41) is 3.14. The summed E-state index contributed by atoms with van der Waals surface area (Å²) < 4.78 is 5.96. The van der Waals surface area contributed by atoms with Gasteiger partial charge in [-0.05, 0) is 56.2 Å². The highest BCUT2D eigenvalue weighted by Gasteiger charge is 2.27. The zero-order valence-corrected chi connectivity index (χ0v) is 15.3. The highest BCUT2D eigenvalue weighted by atomic mass is 79.9. The number of halogens is 1. The van der Waals surface area contributed by atoms with Gasteiger partial charge < -0.3 is 9.64 Å². The van der Waals surface area contributed by atoms with E-state index in [9.17, 15) is 9.59 Å². The van der Waals surface area contributed by atoms with Crippen molar-refractivity contribution in [1.29, 1.82) is 0 Å². The summed E-state index contributed by atoms with van der Waals surface area (Å²) in [6.07, 6.45) is 1.38. The van der Waals surface area contributed by atoms with Crippen molar-refractivity contribution >= 4 is 45.1 Å². The van der Waals surface area contributed by atoms with E-state index in [2.05, 4.69) is 21.2 Å². The average Bonchev–Trinajstić information content (AvgIpc) is 2.55. The van der Waals surface area contributed by atoms with Crippen molar-refractivity contribution in [1.82, 2.24) is 10.2 Å². The number of ether oxygens (including phenoxy) is 1. The third kappa shape index (κ3) is 5.00. The normalized spacial score (nSPS) is 15.1. The quantitative estimate of drug-likeness (QED) is 0.626. The fourth-order valence-corrected chi connectivity index (χ4v) is 2.97. The lowest BCUT2D eigenvalue weighted by atomic mass is 9.97. The van der Waals surface area contributed by atoms with E-state index >= 15 is 0 Å². The van der Waals surface area contributed by atoms with Gasteiger partial charge in [0.2, 0.25) is 0 Å². The van der Waals surface area contributed by atoms with Crippen LogP contribution in [-0.4, -0.2) is 41.6 Å². The van der Waals surface area contributed by atoms with Gasteiger partial charge in [-0.2, -0.15) is 0 Å². The number of nitrogens with one attached hydrogen (secondary N) is 1. The van der Waals surface area contributed by atoms with Crippen LogP contribution in [0.25, 0.3) is 0 Å². The lowest BCUT2D eigenvalue weighted by Crippen LogP contribution is -2.47. The minimum Gasteiger partial charge on any atom is -0.466 e.